The average molecular weight is 135 g/mol. The minimum atomic E-state index is 0.780. The molecule has 0 bridgehead atoms. The molecule has 0 aliphatic carbocycles. The Hall–Kier alpha value is -1.11. The van der Waals surface area contributed by atoms with E-state index in [2.05, 4.69) is 24.7 Å². The number of aliphatic imine (C=N–C) groups is 1. The van der Waals surface area contributed by atoms with Crippen molar-refractivity contribution in [1.29, 1.82) is 0 Å². The lowest BCUT2D eigenvalue weighted by atomic mass is 10.2. The summed E-state index contributed by atoms with van der Waals surface area (Å²) in [6.45, 7) is 14.8. The van der Waals surface area contributed by atoms with Crippen LogP contribution >= 0.6 is 0 Å². The molecule has 1 nitrogen and oxygen atoms in total. The molecule has 0 aliphatic heterocycles. The number of nitrogens with zero attached hydrogens (tertiary/aromatic N) is 1. The molecular formula is C9H13N. The Bertz CT molecular complexity index is 197. The summed E-state index contributed by atoms with van der Waals surface area (Å²) in [5, 5.41) is 0. The van der Waals surface area contributed by atoms with Crippen LogP contribution in [0, 0.1) is 0 Å². The quantitative estimate of drug-likeness (QED) is 0.417. The fourth-order valence-electron chi connectivity index (χ4n) is 0.298. The zero-order valence-electron chi connectivity index (χ0n) is 6.65. The summed E-state index contributed by atoms with van der Waals surface area (Å²) in [5.41, 5.74) is 2.57. The third kappa shape index (κ3) is 3.84. The molecule has 0 radical (unpaired) electrons. The maximum absolute atomic E-state index is 3.97. The lowest BCUT2D eigenvalue weighted by molar-refractivity contribution is 1.33. The number of hydrogen-bond donors (Lipinski definition) is 0. The molecule has 0 aromatic heterocycles. The zero-order chi connectivity index (χ0) is 8.15. The molecule has 0 heterocycles. The zero-order valence-corrected chi connectivity index (χ0v) is 6.65. The lowest BCUT2D eigenvalue weighted by Crippen LogP contribution is -1.82. The van der Waals surface area contributed by atoms with Crippen molar-refractivity contribution in [3.63, 3.8) is 0 Å². The van der Waals surface area contributed by atoms with Gasteiger partial charge in [-0.2, -0.15) is 0 Å². The van der Waals surface area contributed by atoms with Crippen LogP contribution in [0.25, 0.3) is 0 Å². The normalized spacial score (nSPS) is 9.80. The van der Waals surface area contributed by atoms with E-state index in [-0.39, 0.29) is 0 Å². The molecule has 1 heteroatoms. The Kier molecular flexibility index (Phi) is 3.40. The summed E-state index contributed by atoms with van der Waals surface area (Å²) in [6.07, 6.45) is 1.67. The Morgan fingerprint density at radius 2 is 1.70 bits per heavy atom. The Labute approximate surface area is 62.5 Å². The van der Waals surface area contributed by atoms with E-state index >= 15 is 0 Å². The van der Waals surface area contributed by atoms with E-state index in [0.717, 1.165) is 16.8 Å². The first-order valence-electron chi connectivity index (χ1n) is 3.08. The molecular weight excluding hydrogens is 122 g/mol. The van der Waals surface area contributed by atoms with Gasteiger partial charge in [0, 0.05) is 11.9 Å². The third-order valence-corrected chi connectivity index (χ3v) is 0.989. The van der Waals surface area contributed by atoms with Gasteiger partial charge >= 0.3 is 0 Å². The lowest BCUT2D eigenvalue weighted by Gasteiger charge is -1.94. The molecule has 0 aliphatic rings. The molecule has 0 saturated carbocycles. The van der Waals surface area contributed by atoms with Crippen LogP contribution in [-0.4, -0.2) is 6.21 Å². The second-order valence-corrected chi connectivity index (χ2v) is 2.30. The smallest absolute Gasteiger partial charge is 0.0339 e. The van der Waals surface area contributed by atoms with Gasteiger partial charge in [0.2, 0.25) is 0 Å². The Morgan fingerprint density at radius 1 is 1.20 bits per heavy atom. The van der Waals surface area contributed by atoms with E-state index in [1.807, 2.05) is 13.8 Å². The first-order valence-corrected chi connectivity index (χ1v) is 3.08. The van der Waals surface area contributed by atoms with Crippen LogP contribution in [0.15, 0.2) is 41.6 Å². The molecule has 0 spiro atoms. The summed E-state index contributed by atoms with van der Waals surface area (Å²) >= 11 is 0. The van der Waals surface area contributed by atoms with Gasteiger partial charge < -0.3 is 0 Å². The molecule has 0 N–H and O–H groups in total. The highest BCUT2D eigenvalue weighted by Gasteiger charge is 1.86. The van der Waals surface area contributed by atoms with Gasteiger partial charge in [-0.15, -0.1) is 0 Å². The molecule has 0 aromatic carbocycles. The second kappa shape index (κ2) is 3.83. The molecule has 0 rings (SSSR count). The summed E-state index contributed by atoms with van der Waals surface area (Å²) < 4.78 is 0. The number of rotatable bonds is 3. The monoisotopic (exact) mass is 135 g/mol. The largest absolute Gasteiger partial charge is 0.262 e. The highest BCUT2D eigenvalue weighted by atomic mass is 14.7. The summed E-state index contributed by atoms with van der Waals surface area (Å²) in [6, 6.07) is 0. The van der Waals surface area contributed by atoms with Crippen LogP contribution in [0.2, 0.25) is 0 Å². The summed E-state index contributed by atoms with van der Waals surface area (Å²) in [4.78, 5) is 3.97. The highest BCUT2D eigenvalue weighted by Crippen LogP contribution is 2.00. The third-order valence-electron chi connectivity index (χ3n) is 0.989. The van der Waals surface area contributed by atoms with E-state index < -0.39 is 0 Å². The van der Waals surface area contributed by atoms with Gasteiger partial charge in [0.1, 0.15) is 0 Å². The second-order valence-electron chi connectivity index (χ2n) is 2.30. The van der Waals surface area contributed by atoms with Gasteiger partial charge in [-0.25, -0.2) is 0 Å². The van der Waals surface area contributed by atoms with Gasteiger partial charge in [0.05, 0.1) is 0 Å². The molecule has 0 amide bonds. The predicted octanol–water partition coefficient (Wildman–Crippen LogP) is 2.72. The maximum atomic E-state index is 3.97. The van der Waals surface area contributed by atoms with E-state index in [4.69, 9.17) is 0 Å². The van der Waals surface area contributed by atoms with Crippen molar-refractivity contribution < 1.29 is 0 Å². The fourth-order valence-corrected chi connectivity index (χ4v) is 0.298. The molecule has 0 aromatic rings. The van der Waals surface area contributed by atoms with Gasteiger partial charge in [-0.05, 0) is 19.4 Å². The van der Waals surface area contributed by atoms with Crippen molar-refractivity contribution >= 4 is 6.21 Å². The topological polar surface area (TPSA) is 12.4 Å². The minimum absolute atomic E-state index is 0.780. The molecule has 0 saturated heterocycles. The van der Waals surface area contributed by atoms with E-state index in [0.29, 0.717) is 0 Å². The van der Waals surface area contributed by atoms with Crippen LogP contribution in [0.1, 0.15) is 13.8 Å². The van der Waals surface area contributed by atoms with Crippen LogP contribution in [0.5, 0.6) is 0 Å². The average Bonchev–Trinajstić information content (AvgIpc) is 1.82. The van der Waals surface area contributed by atoms with Crippen molar-refractivity contribution in [2.75, 3.05) is 0 Å². The molecule has 0 fully saturated rings. The molecule has 0 unspecified atom stereocenters. The molecule has 10 heavy (non-hydrogen) atoms. The Balaban J connectivity index is 4.03. The standard InChI is InChI=1S/C9H13N/c1-7(2)9(5)6-10-8(3)4/h6H,1,3,5H2,2,4H3. The maximum Gasteiger partial charge on any atom is 0.0339 e. The van der Waals surface area contributed by atoms with Crippen molar-refractivity contribution in [1.82, 2.24) is 0 Å². The first kappa shape index (κ1) is 8.89. The highest BCUT2D eigenvalue weighted by molar-refractivity contribution is 5.83. The van der Waals surface area contributed by atoms with Crippen LogP contribution < -0.4 is 0 Å². The first-order chi connectivity index (χ1) is 4.54. The van der Waals surface area contributed by atoms with Crippen molar-refractivity contribution in [3.8, 4) is 0 Å². The SMILES string of the molecule is C=C(C)N=CC(=C)C(=C)C. The van der Waals surface area contributed by atoms with Crippen LogP contribution in [-0.2, 0) is 0 Å². The summed E-state index contributed by atoms with van der Waals surface area (Å²) in [7, 11) is 0. The minimum Gasteiger partial charge on any atom is -0.262 e. The fraction of sp³-hybridized carbons (Fsp3) is 0.222. The van der Waals surface area contributed by atoms with Gasteiger partial charge in [0.15, 0.2) is 0 Å². The molecule has 54 valence electrons. The van der Waals surface area contributed by atoms with Crippen LogP contribution in [0.3, 0.4) is 0 Å². The molecule has 0 atom stereocenters. The van der Waals surface area contributed by atoms with Crippen molar-refractivity contribution in [2.45, 2.75) is 13.8 Å². The summed E-state index contributed by atoms with van der Waals surface area (Å²) in [5.74, 6) is 0. The van der Waals surface area contributed by atoms with E-state index in [9.17, 15) is 0 Å². The van der Waals surface area contributed by atoms with E-state index in [1.54, 1.807) is 6.21 Å². The predicted molar refractivity (Wildman–Crippen MR) is 47.3 cm³/mol. The van der Waals surface area contributed by atoms with Crippen LogP contribution in [0.4, 0.5) is 0 Å². The van der Waals surface area contributed by atoms with Gasteiger partial charge in [-0.1, -0.05) is 25.3 Å². The number of allylic oxidation sites excluding steroid dienone is 3. The van der Waals surface area contributed by atoms with Crippen molar-refractivity contribution in [3.05, 3.63) is 36.6 Å². The van der Waals surface area contributed by atoms with Gasteiger partial charge in [-0.3, -0.25) is 4.99 Å². The number of hydrogen-bond acceptors (Lipinski definition) is 1. The van der Waals surface area contributed by atoms with Gasteiger partial charge in [0.25, 0.3) is 0 Å². The van der Waals surface area contributed by atoms with E-state index in [1.165, 1.54) is 0 Å². The Morgan fingerprint density at radius 3 is 2.00 bits per heavy atom. The van der Waals surface area contributed by atoms with Crippen molar-refractivity contribution in [2.24, 2.45) is 4.99 Å².